The predicted octanol–water partition coefficient (Wildman–Crippen LogP) is 3.83. The molecular weight excluding hydrogens is 394 g/mol. The van der Waals surface area contributed by atoms with Crippen LogP contribution in [0.25, 0.3) is 16.3 Å². The van der Waals surface area contributed by atoms with Crippen molar-refractivity contribution in [3.63, 3.8) is 0 Å². The molecule has 7 heteroatoms. The van der Waals surface area contributed by atoms with Gasteiger partial charge in [0.25, 0.3) is 0 Å². The standard InChI is InChI=1S/C23H23N5OS/c1-2-7-22(28-25-8-9-26-28)20(5-1)16-27-11-12-29-17-21(27)15-18-4-3-6-19(14-18)23-24-10-13-30-23/h1-10,13-14,21H,11-12,15-17H2/t21-/m1/s1. The molecule has 1 fully saturated rings. The molecule has 6 nitrogen and oxygen atoms in total. The maximum atomic E-state index is 5.85. The van der Waals surface area contributed by atoms with E-state index in [-0.39, 0.29) is 0 Å². The van der Waals surface area contributed by atoms with Gasteiger partial charge >= 0.3 is 0 Å². The SMILES string of the molecule is c1cc(C[C@@H]2COCCN2Cc2ccccc2-n2nccn2)cc(-c2nccs2)c1. The van der Waals surface area contributed by atoms with Gasteiger partial charge in [-0.25, -0.2) is 4.98 Å². The number of ether oxygens (including phenoxy) is 1. The van der Waals surface area contributed by atoms with Crippen LogP contribution >= 0.6 is 11.3 Å². The zero-order chi connectivity index (χ0) is 20.2. The first-order valence-electron chi connectivity index (χ1n) is 10.1. The molecule has 1 aliphatic heterocycles. The highest BCUT2D eigenvalue weighted by Gasteiger charge is 2.24. The average Bonchev–Trinajstić information content (AvgIpc) is 3.50. The van der Waals surface area contributed by atoms with E-state index in [4.69, 9.17) is 4.74 Å². The maximum absolute atomic E-state index is 5.85. The highest BCUT2D eigenvalue weighted by molar-refractivity contribution is 7.13. The second-order valence-electron chi connectivity index (χ2n) is 7.39. The number of aromatic nitrogens is 4. The van der Waals surface area contributed by atoms with Gasteiger partial charge in [0.15, 0.2) is 0 Å². The lowest BCUT2D eigenvalue weighted by Gasteiger charge is -2.36. The fraction of sp³-hybridized carbons (Fsp3) is 0.261. The number of hydrogen-bond donors (Lipinski definition) is 0. The molecule has 4 aromatic rings. The molecule has 152 valence electrons. The number of rotatable bonds is 6. The number of benzene rings is 2. The molecule has 3 heterocycles. The van der Waals surface area contributed by atoms with Crippen LogP contribution in [0.2, 0.25) is 0 Å². The van der Waals surface area contributed by atoms with Crippen LogP contribution in [0.5, 0.6) is 0 Å². The molecule has 0 bridgehead atoms. The molecule has 2 aromatic heterocycles. The fourth-order valence-electron chi connectivity index (χ4n) is 3.95. The second-order valence-corrected chi connectivity index (χ2v) is 8.28. The Morgan fingerprint density at radius 2 is 1.93 bits per heavy atom. The summed E-state index contributed by atoms with van der Waals surface area (Å²) < 4.78 is 5.85. The third-order valence-corrected chi connectivity index (χ3v) is 6.25. The first-order chi connectivity index (χ1) is 14.9. The lowest BCUT2D eigenvalue weighted by molar-refractivity contribution is -0.0112. The van der Waals surface area contributed by atoms with Crippen LogP contribution in [0.1, 0.15) is 11.1 Å². The van der Waals surface area contributed by atoms with Crippen LogP contribution < -0.4 is 0 Å². The van der Waals surface area contributed by atoms with Gasteiger partial charge in [-0.1, -0.05) is 36.4 Å². The van der Waals surface area contributed by atoms with Gasteiger partial charge in [0, 0.05) is 36.3 Å². The molecule has 0 aliphatic carbocycles. The summed E-state index contributed by atoms with van der Waals surface area (Å²) in [7, 11) is 0. The molecule has 0 amide bonds. The van der Waals surface area contributed by atoms with Gasteiger partial charge < -0.3 is 4.74 Å². The van der Waals surface area contributed by atoms with Crippen LogP contribution in [0.4, 0.5) is 0 Å². The summed E-state index contributed by atoms with van der Waals surface area (Å²) in [5.74, 6) is 0. The van der Waals surface area contributed by atoms with E-state index in [9.17, 15) is 0 Å². The van der Waals surface area contributed by atoms with E-state index >= 15 is 0 Å². The monoisotopic (exact) mass is 417 g/mol. The number of hydrogen-bond acceptors (Lipinski definition) is 6. The summed E-state index contributed by atoms with van der Waals surface area (Å²) in [4.78, 5) is 8.66. The number of para-hydroxylation sites is 1. The molecule has 0 saturated carbocycles. The van der Waals surface area contributed by atoms with Crippen LogP contribution in [0.15, 0.2) is 72.5 Å². The average molecular weight is 418 g/mol. The molecule has 2 aromatic carbocycles. The van der Waals surface area contributed by atoms with E-state index in [0.29, 0.717) is 6.04 Å². The number of nitrogens with zero attached hydrogens (tertiary/aromatic N) is 5. The molecule has 1 saturated heterocycles. The first kappa shape index (κ1) is 19.1. The first-order valence-corrected chi connectivity index (χ1v) is 11.0. The van der Waals surface area contributed by atoms with Crippen LogP contribution in [-0.4, -0.2) is 50.7 Å². The highest BCUT2D eigenvalue weighted by Crippen LogP contribution is 2.25. The Bertz CT molecular complexity index is 1080. The summed E-state index contributed by atoms with van der Waals surface area (Å²) >= 11 is 1.67. The van der Waals surface area contributed by atoms with E-state index in [2.05, 4.69) is 62.5 Å². The third kappa shape index (κ3) is 4.18. The molecule has 1 atom stereocenters. The largest absolute Gasteiger partial charge is 0.378 e. The Kier molecular flexibility index (Phi) is 5.65. The fourth-order valence-corrected chi connectivity index (χ4v) is 4.59. The van der Waals surface area contributed by atoms with Gasteiger partial charge in [-0.05, 0) is 29.7 Å². The van der Waals surface area contributed by atoms with E-state index < -0.39 is 0 Å². The maximum Gasteiger partial charge on any atom is 0.123 e. The normalized spacial score (nSPS) is 17.3. The zero-order valence-corrected chi connectivity index (χ0v) is 17.4. The summed E-state index contributed by atoms with van der Waals surface area (Å²) in [6.45, 7) is 3.26. The molecule has 0 N–H and O–H groups in total. The highest BCUT2D eigenvalue weighted by atomic mass is 32.1. The molecule has 30 heavy (non-hydrogen) atoms. The van der Waals surface area contributed by atoms with Crippen molar-refractivity contribution in [1.82, 2.24) is 24.9 Å². The summed E-state index contributed by atoms with van der Waals surface area (Å²) in [5, 5.41) is 11.7. The number of morpholine rings is 1. The topological polar surface area (TPSA) is 56.1 Å². The Morgan fingerprint density at radius 3 is 2.80 bits per heavy atom. The van der Waals surface area contributed by atoms with Gasteiger partial charge in [-0.15, -0.1) is 11.3 Å². The summed E-state index contributed by atoms with van der Waals surface area (Å²) in [6, 6.07) is 17.4. The zero-order valence-electron chi connectivity index (χ0n) is 16.6. The van der Waals surface area contributed by atoms with Crippen molar-refractivity contribution in [2.45, 2.75) is 19.0 Å². The van der Waals surface area contributed by atoms with Gasteiger partial charge in [-0.3, -0.25) is 4.90 Å². The van der Waals surface area contributed by atoms with Crippen molar-refractivity contribution in [1.29, 1.82) is 0 Å². The van der Waals surface area contributed by atoms with Crippen molar-refractivity contribution in [3.05, 3.63) is 83.6 Å². The smallest absolute Gasteiger partial charge is 0.123 e. The lowest BCUT2D eigenvalue weighted by Crippen LogP contribution is -2.46. The molecule has 1 aliphatic rings. The Hall–Kier alpha value is -2.87. The predicted molar refractivity (Wildman–Crippen MR) is 118 cm³/mol. The molecule has 0 spiro atoms. The van der Waals surface area contributed by atoms with Crippen molar-refractivity contribution in [2.75, 3.05) is 19.8 Å². The summed E-state index contributed by atoms with van der Waals surface area (Å²) in [5.41, 5.74) is 4.74. The molecule has 5 rings (SSSR count). The van der Waals surface area contributed by atoms with Crippen molar-refractivity contribution in [3.8, 4) is 16.3 Å². The Morgan fingerprint density at radius 1 is 1.03 bits per heavy atom. The third-order valence-electron chi connectivity index (χ3n) is 5.43. The van der Waals surface area contributed by atoms with E-state index in [1.807, 2.05) is 17.6 Å². The van der Waals surface area contributed by atoms with Gasteiger partial charge in [0.2, 0.25) is 0 Å². The number of thiazole rings is 1. The van der Waals surface area contributed by atoms with Gasteiger partial charge in [0.05, 0.1) is 31.3 Å². The van der Waals surface area contributed by atoms with Crippen molar-refractivity contribution in [2.24, 2.45) is 0 Å². The lowest BCUT2D eigenvalue weighted by atomic mass is 10.0. The second kappa shape index (κ2) is 8.87. The van der Waals surface area contributed by atoms with E-state index in [1.165, 1.54) is 16.7 Å². The minimum absolute atomic E-state index is 0.323. The molecular formula is C23H23N5OS. The van der Waals surface area contributed by atoms with Gasteiger partial charge in [0.1, 0.15) is 5.01 Å². The van der Waals surface area contributed by atoms with E-state index in [0.717, 1.165) is 43.4 Å². The Balaban J connectivity index is 1.36. The van der Waals surface area contributed by atoms with Crippen molar-refractivity contribution < 1.29 is 4.74 Å². The molecule has 0 radical (unpaired) electrons. The molecule has 0 unspecified atom stereocenters. The van der Waals surface area contributed by atoms with Crippen molar-refractivity contribution >= 4 is 11.3 Å². The minimum Gasteiger partial charge on any atom is -0.378 e. The minimum atomic E-state index is 0.323. The quantitative estimate of drug-likeness (QED) is 0.477. The van der Waals surface area contributed by atoms with Crippen LogP contribution in [0.3, 0.4) is 0 Å². The van der Waals surface area contributed by atoms with E-state index in [1.54, 1.807) is 28.5 Å². The van der Waals surface area contributed by atoms with Crippen LogP contribution in [0, 0.1) is 0 Å². The van der Waals surface area contributed by atoms with Crippen LogP contribution in [-0.2, 0) is 17.7 Å². The summed E-state index contributed by atoms with van der Waals surface area (Å²) in [6.07, 6.45) is 6.23. The van der Waals surface area contributed by atoms with Gasteiger partial charge in [-0.2, -0.15) is 15.0 Å². The Labute approximate surface area is 179 Å².